The molecule has 3 nitrogen and oxygen atoms in total. The molecule has 0 saturated heterocycles. The predicted octanol–water partition coefficient (Wildman–Crippen LogP) is 7.04. The molecule has 0 amide bonds. The Morgan fingerprint density at radius 1 is 1.04 bits per heavy atom. The third-order valence-electron chi connectivity index (χ3n) is 4.60. The van der Waals surface area contributed by atoms with Gasteiger partial charge in [0.2, 0.25) is 0 Å². The van der Waals surface area contributed by atoms with Crippen molar-refractivity contribution in [3.8, 4) is 0 Å². The van der Waals surface area contributed by atoms with Gasteiger partial charge < -0.3 is 9.05 Å². The lowest BCUT2D eigenvalue weighted by atomic mass is 10.0. The van der Waals surface area contributed by atoms with Crippen molar-refractivity contribution in [2.24, 2.45) is 0 Å². The molecule has 150 valence electrons. The average Bonchev–Trinajstić information content (AvgIpc) is 2.99. The molecule has 0 aliphatic carbocycles. The van der Waals surface area contributed by atoms with Gasteiger partial charge in [-0.3, -0.25) is 4.57 Å². The summed E-state index contributed by atoms with van der Waals surface area (Å²) < 4.78 is 53.2. The van der Waals surface area contributed by atoms with Crippen LogP contribution < -0.4 is 0 Å². The van der Waals surface area contributed by atoms with Crippen molar-refractivity contribution >= 4 is 29.0 Å². The molecule has 0 bridgehead atoms. The molecule has 0 spiro atoms. The van der Waals surface area contributed by atoms with Crippen LogP contribution in [0.25, 0.3) is 10.1 Å². The van der Waals surface area contributed by atoms with Gasteiger partial charge in [0.25, 0.3) is 0 Å². The van der Waals surface area contributed by atoms with Gasteiger partial charge in [-0.1, -0.05) is 24.3 Å². The predicted molar refractivity (Wildman–Crippen MR) is 110 cm³/mol. The number of halogens is 2. The van der Waals surface area contributed by atoms with Crippen molar-refractivity contribution in [1.29, 1.82) is 0 Å². The Morgan fingerprint density at radius 3 is 2.32 bits per heavy atom. The van der Waals surface area contributed by atoms with E-state index < -0.39 is 24.9 Å². The molecule has 0 radical (unpaired) electrons. The molecule has 1 heterocycles. The van der Waals surface area contributed by atoms with Crippen molar-refractivity contribution in [2.75, 3.05) is 13.2 Å². The van der Waals surface area contributed by atoms with Crippen LogP contribution in [-0.2, 0) is 20.0 Å². The van der Waals surface area contributed by atoms with Gasteiger partial charge >= 0.3 is 7.60 Å². The van der Waals surface area contributed by atoms with Gasteiger partial charge in [-0.25, -0.2) is 8.78 Å². The van der Waals surface area contributed by atoms with E-state index in [0.29, 0.717) is 5.56 Å². The fraction of sp³-hybridized carbons (Fsp3) is 0.333. The van der Waals surface area contributed by atoms with E-state index >= 15 is 0 Å². The Kier molecular flexibility index (Phi) is 6.66. The Hall–Kier alpha value is -1.59. The molecule has 2 aromatic carbocycles. The number of hydrogen-bond donors (Lipinski definition) is 0. The van der Waals surface area contributed by atoms with E-state index in [1.165, 1.54) is 17.4 Å². The summed E-state index contributed by atoms with van der Waals surface area (Å²) in [5.41, 5.74) is 0.947. The molecular formula is C21H23F2O3PS. The summed E-state index contributed by atoms with van der Waals surface area (Å²) in [5, 5.41) is 1.08. The number of aryl methyl sites for hydroxylation is 1. The van der Waals surface area contributed by atoms with E-state index in [1.807, 2.05) is 31.2 Å². The zero-order valence-corrected chi connectivity index (χ0v) is 17.8. The second kappa shape index (κ2) is 8.83. The average molecular weight is 424 g/mol. The highest BCUT2D eigenvalue weighted by Gasteiger charge is 2.39. The van der Waals surface area contributed by atoms with Gasteiger partial charge in [-0.2, -0.15) is 0 Å². The Balaban J connectivity index is 2.13. The lowest BCUT2D eigenvalue weighted by Crippen LogP contribution is -2.10. The minimum absolute atomic E-state index is 0.224. The van der Waals surface area contributed by atoms with Crippen LogP contribution in [0, 0.1) is 18.6 Å². The number of thiophene rings is 1. The maximum Gasteiger partial charge on any atom is 0.339 e. The minimum Gasteiger partial charge on any atom is -0.308 e. The molecule has 28 heavy (non-hydrogen) atoms. The van der Waals surface area contributed by atoms with Gasteiger partial charge in [0.15, 0.2) is 11.6 Å². The van der Waals surface area contributed by atoms with E-state index in [2.05, 4.69) is 0 Å². The normalized spacial score (nSPS) is 13.2. The second-order valence-corrected chi connectivity index (χ2v) is 9.73. The molecule has 0 N–H and O–H groups in total. The summed E-state index contributed by atoms with van der Waals surface area (Å²) in [7, 11) is -3.53. The largest absolute Gasteiger partial charge is 0.339 e. The fourth-order valence-electron chi connectivity index (χ4n) is 3.33. The highest BCUT2D eigenvalue weighted by atomic mass is 32.1. The van der Waals surface area contributed by atoms with Crippen LogP contribution in [0.4, 0.5) is 8.78 Å². The Labute approximate surface area is 167 Å². The van der Waals surface area contributed by atoms with Gasteiger partial charge in [0.05, 0.1) is 18.9 Å². The number of rotatable bonds is 8. The summed E-state index contributed by atoms with van der Waals surface area (Å²) in [6.07, 6.45) is 0.224. The molecule has 0 aliphatic rings. The maximum absolute atomic E-state index is 13.8. The van der Waals surface area contributed by atoms with Crippen molar-refractivity contribution in [3.05, 3.63) is 70.1 Å². The third-order valence-corrected chi connectivity index (χ3v) is 8.60. The zero-order chi connectivity index (χ0) is 20.3. The summed E-state index contributed by atoms with van der Waals surface area (Å²) in [4.78, 5) is 0.885. The van der Waals surface area contributed by atoms with E-state index in [9.17, 15) is 13.3 Å². The molecule has 0 saturated carbocycles. The quantitative estimate of drug-likeness (QED) is 0.364. The molecule has 0 aliphatic heterocycles. The molecule has 3 aromatic rings. The first-order valence-corrected chi connectivity index (χ1v) is 11.6. The first-order chi connectivity index (χ1) is 13.4. The lowest BCUT2D eigenvalue weighted by molar-refractivity contribution is 0.212. The van der Waals surface area contributed by atoms with Gasteiger partial charge in [-0.15, -0.1) is 11.3 Å². The van der Waals surface area contributed by atoms with E-state index in [4.69, 9.17) is 9.05 Å². The Bertz CT molecular complexity index is 1010. The fourth-order valence-corrected chi connectivity index (χ4v) is 7.14. The minimum atomic E-state index is -3.53. The van der Waals surface area contributed by atoms with Crippen molar-refractivity contribution < 1.29 is 22.4 Å². The van der Waals surface area contributed by atoms with E-state index in [-0.39, 0.29) is 19.6 Å². The van der Waals surface area contributed by atoms with Crippen LogP contribution >= 0.6 is 18.9 Å². The summed E-state index contributed by atoms with van der Waals surface area (Å²) in [6, 6.07) is 11.7. The SMILES string of the molecule is CCOP(=O)(OCC)C(Cc1ccc(F)c(F)c1)c1sc2ccccc2c1C. The third kappa shape index (κ3) is 4.20. The summed E-state index contributed by atoms with van der Waals surface area (Å²) in [6.45, 7) is 5.97. The standard InChI is InChI=1S/C21H23F2O3PS/c1-4-25-27(24,26-5-2)19(13-15-10-11-17(22)18(23)12-15)21-14(3)16-8-6-7-9-20(16)28-21/h6-12,19H,4-5,13H2,1-3H3. The molecule has 1 unspecified atom stereocenters. The van der Waals surface area contributed by atoms with E-state index in [1.54, 1.807) is 13.8 Å². The lowest BCUT2D eigenvalue weighted by Gasteiger charge is -2.26. The smallest absolute Gasteiger partial charge is 0.308 e. The van der Waals surface area contributed by atoms with Crippen LogP contribution in [-0.4, -0.2) is 13.2 Å². The van der Waals surface area contributed by atoms with E-state index in [0.717, 1.165) is 32.7 Å². The van der Waals surface area contributed by atoms with Crippen molar-refractivity contribution in [1.82, 2.24) is 0 Å². The molecule has 1 atom stereocenters. The molecule has 0 fully saturated rings. The summed E-state index contributed by atoms with van der Waals surface area (Å²) >= 11 is 1.54. The van der Waals surface area contributed by atoms with Crippen LogP contribution in [0.3, 0.4) is 0 Å². The zero-order valence-electron chi connectivity index (χ0n) is 16.1. The molecule has 7 heteroatoms. The maximum atomic E-state index is 13.8. The summed E-state index contributed by atoms with van der Waals surface area (Å²) in [5.74, 6) is -1.83. The van der Waals surface area contributed by atoms with Gasteiger partial charge in [-0.05, 0) is 61.9 Å². The number of benzene rings is 2. The number of hydrogen-bond acceptors (Lipinski definition) is 4. The van der Waals surface area contributed by atoms with Crippen LogP contribution in [0.1, 0.15) is 35.5 Å². The molecule has 1 aromatic heterocycles. The van der Waals surface area contributed by atoms with Crippen LogP contribution in [0.5, 0.6) is 0 Å². The first-order valence-electron chi connectivity index (χ1n) is 9.20. The molecule has 3 rings (SSSR count). The first kappa shape index (κ1) is 21.1. The monoisotopic (exact) mass is 424 g/mol. The van der Waals surface area contributed by atoms with Crippen molar-refractivity contribution in [3.63, 3.8) is 0 Å². The molecular weight excluding hydrogens is 401 g/mol. The highest BCUT2D eigenvalue weighted by molar-refractivity contribution is 7.54. The Morgan fingerprint density at radius 2 is 1.71 bits per heavy atom. The second-order valence-electron chi connectivity index (χ2n) is 6.43. The van der Waals surface area contributed by atoms with Gasteiger partial charge in [0, 0.05) is 9.58 Å². The highest BCUT2D eigenvalue weighted by Crippen LogP contribution is 2.64. The van der Waals surface area contributed by atoms with Crippen LogP contribution in [0.2, 0.25) is 0 Å². The van der Waals surface area contributed by atoms with Crippen molar-refractivity contribution in [2.45, 2.75) is 32.9 Å². The van der Waals surface area contributed by atoms with Gasteiger partial charge in [0.1, 0.15) is 0 Å². The topological polar surface area (TPSA) is 35.5 Å². The van der Waals surface area contributed by atoms with Crippen LogP contribution in [0.15, 0.2) is 42.5 Å². The number of fused-ring (bicyclic) bond motifs is 1.